The van der Waals surface area contributed by atoms with Crippen molar-refractivity contribution in [2.75, 3.05) is 32.8 Å². The molecule has 0 aliphatic carbocycles. The molecule has 2 heterocycles. The van der Waals surface area contributed by atoms with Gasteiger partial charge in [0.2, 0.25) is 0 Å². The van der Waals surface area contributed by atoms with Crippen LogP contribution >= 0.6 is 0 Å². The molecule has 1 fully saturated rings. The Morgan fingerprint density at radius 3 is 2.50 bits per heavy atom. The van der Waals surface area contributed by atoms with E-state index in [-0.39, 0.29) is 11.6 Å². The van der Waals surface area contributed by atoms with Crippen LogP contribution in [-0.4, -0.2) is 48.1 Å². The molecule has 5 heteroatoms. The van der Waals surface area contributed by atoms with Crippen molar-refractivity contribution in [3.63, 3.8) is 0 Å². The summed E-state index contributed by atoms with van der Waals surface area (Å²) in [6.07, 6.45) is 0. The van der Waals surface area contributed by atoms with Gasteiger partial charge in [-0.3, -0.25) is 9.69 Å². The van der Waals surface area contributed by atoms with Crippen molar-refractivity contribution in [2.24, 2.45) is 0 Å². The minimum atomic E-state index is -0.235. The van der Waals surface area contributed by atoms with Gasteiger partial charge in [-0.1, -0.05) is 12.1 Å². The van der Waals surface area contributed by atoms with Crippen molar-refractivity contribution < 1.29 is 13.9 Å². The Morgan fingerprint density at radius 1 is 1.17 bits per heavy atom. The van der Waals surface area contributed by atoms with E-state index >= 15 is 0 Å². The Labute approximate surface area is 141 Å². The number of benzene rings is 1. The molecule has 0 N–H and O–H groups in total. The van der Waals surface area contributed by atoms with Crippen LogP contribution in [-0.2, 0) is 11.3 Å². The highest BCUT2D eigenvalue weighted by molar-refractivity contribution is 5.99. The molecule has 1 aliphatic rings. The molecule has 3 rings (SSSR count). The lowest BCUT2D eigenvalue weighted by molar-refractivity contribution is 0.0371. The summed E-state index contributed by atoms with van der Waals surface area (Å²) in [5.74, 6) is -0.0866. The molecule has 0 radical (unpaired) electrons. The Bertz CT molecular complexity index is 716. The van der Waals surface area contributed by atoms with E-state index in [4.69, 9.17) is 4.74 Å². The lowest BCUT2D eigenvalue weighted by atomic mass is 10.1. The lowest BCUT2D eigenvalue weighted by Crippen LogP contribution is -2.39. The zero-order chi connectivity index (χ0) is 17.1. The number of morpholine rings is 1. The summed E-state index contributed by atoms with van der Waals surface area (Å²) in [7, 11) is 0. The Morgan fingerprint density at radius 2 is 1.83 bits per heavy atom. The summed E-state index contributed by atoms with van der Waals surface area (Å²) < 4.78 is 20.5. The third-order valence-corrected chi connectivity index (χ3v) is 4.60. The summed E-state index contributed by atoms with van der Waals surface area (Å²) in [5.41, 5.74) is 3.81. The molecule has 1 saturated heterocycles. The average Bonchev–Trinajstić information content (AvgIpc) is 2.86. The first-order valence-corrected chi connectivity index (χ1v) is 8.29. The second kappa shape index (κ2) is 7.28. The second-order valence-electron chi connectivity index (χ2n) is 6.31. The van der Waals surface area contributed by atoms with E-state index in [1.54, 1.807) is 12.1 Å². The van der Waals surface area contributed by atoms with Gasteiger partial charge in [0.05, 0.1) is 19.8 Å². The first kappa shape index (κ1) is 16.9. The Hall–Kier alpha value is -1.98. The fraction of sp³-hybridized carbons (Fsp3) is 0.421. The topological polar surface area (TPSA) is 34.5 Å². The fourth-order valence-electron chi connectivity index (χ4n) is 3.15. The summed E-state index contributed by atoms with van der Waals surface area (Å²) in [5, 5.41) is 0. The largest absolute Gasteiger partial charge is 0.379 e. The summed E-state index contributed by atoms with van der Waals surface area (Å²) in [4.78, 5) is 14.8. The highest BCUT2D eigenvalue weighted by Crippen LogP contribution is 2.18. The number of ether oxygens (including phenoxy) is 1. The van der Waals surface area contributed by atoms with Crippen LogP contribution in [0.15, 0.2) is 30.3 Å². The van der Waals surface area contributed by atoms with Gasteiger partial charge in [-0.25, -0.2) is 4.39 Å². The van der Waals surface area contributed by atoms with Gasteiger partial charge < -0.3 is 9.30 Å². The maximum absolute atomic E-state index is 13.1. The Kier molecular flexibility index (Phi) is 5.11. The van der Waals surface area contributed by atoms with Crippen molar-refractivity contribution >= 4 is 5.78 Å². The first-order chi connectivity index (χ1) is 11.5. The van der Waals surface area contributed by atoms with E-state index in [0.717, 1.165) is 35.6 Å². The molecule has 1 aromatic carbocycles. The van der Waals surface area contributed by atoms with Crippen molar-refractivity contribution in [2.45, 2.75) is 20.4 Å². The number of rotatable bonds is 5. The van der Waals surface area contributed by atoms with Gasteiger partial charge >= 0.3 is 0 Å². The highest BCUT2D eigenvalue weighted by atomic mass is 19.1. The van der Waals surface area contributed by atoms with Crippen LogP contribution in [0.4, 0.5) is 4.39 Å². The molecular formula is C19H23FN2O2. The molecule has 1 aliphatic heterocycles. The van der Waals surface area contributed by atoms with Gasteiger partial charge in [0, 0.05) is 36.6 Å². The Balaban J connectivity index is 1.75. The maximum Gasteiger partial charge on any atom is 0.178 e. The van der Waals surface area contributed by atoms with Gasteiger partial charge in [0.25, 0.3) is 0 Å². The second-order valence-corrected chi connectivity index (χ2v) is 6.31. The number of Topliss-reactive ketones (excluding diaryl/α,β-unsaturated/α-hetero) is 1. The molecule has 128 valence electrons. The van der Waals surface area contributed by atoms with Crippen LogP contribution in [0, 0.1) is 19.7 Å². The molecule has 0 amide bonds. The quantitative estimate of drug-likeness (QED) is 0.791. The van der Waals surface area contributed by atoms with E-state index < -0.39 is 0 Å². The van der Waals surface area contributed by atoms with E-state index in [1.165, 1.54) is 12.1 Å². The normalized spacial score (nSPS) is 15.6. The average molecular weight is 330 g/mol. The number of aromatic nitrogens is 1. The minimum absolute atomic E-state index is 0.148. The number of hydrogen-bond donors (Lipinski definition) is 0. The maximum atomic E-state index is 13.1. The molecule has 0 bridgehead atoms. The molecule has 0 saturated carbocycles. The number of ketones is 1. The van der Waals surface area contributed by atoms with Crippen LogP contribution in [0.3, 0.4) is 0 Å². The molecule has 0 atom stereocenters. The smallest absolute Gasteiger partial charge is 0.178 e. The van der Waals surface area contributed by atoms with Crippen LogP contribution < -0.4 is 0 Å². The van der Waals surface area contributed by atoms with Crippen molar-refractivity contribution in [3.8, 4) is 0 Å². The summed E-state index contributed by atoms with van der Waals surface area (Å²) >= 11 is 0. The van der Waals surface area contributed by atoms with E-state index in [9.17, 15) is 9.18 Å². The number of halogens is 1. The molecular weight excluding hydrogens is 307 g/mol. The summed E-state index contributed by atoms with van der Waals surface area (Å²) in [6.45, 7) is 8.05. The third kappa shape index (κ3) is 3.74. The molecule has 1 aromatic heterocycles. The standard InChI is InChI=1S/C19H23FN2O2/c1-14-11-18(19(23)13-21-7-9-24-10-8-21)15(2)22(14)12-16-3-5-17(20)6-4-16/h3-6,11H,7-10,12-13H2,1-2H3. The van der Waals surface area contributed by atoms with Crippen LogP contribution in [0.1, 0.15) is 27.3 Å². The number of carbonyl (C=O) groups excluding carboxylic acids is 1. The summed E-state index contributed by atoms with van der Waals surface area (Å²) in [6, 6.07) is 8.45. The van der Waals surface area contributed by atoms with Crippen molar-refractivity contribution in [1.29, 1.82) is 0 Å². The number of hydrogen-bond acceptors (Lipinski definition) is 3. The SMILES string of the molecule is Cc1cc(C(=O)CN2CCOCC2)c(C)n1Cc1ccc(F)cc1. The van der Waals surface area contributed by atoms with Crippen molar-refractivity contribution in [1.82, 2.24) is 9.47 Å². The van der Waals surface area contributed by atoms with E-state index in [0.29, 0.717) is 26.3 Å². The van der Waals surface area contributed by atoms with Gasteiger partial charge in [-0.05, 0) is 37.6 Å². The number of aryl methyl sites for hydroxylation is 1. The monoisotopic (exact) mass is 330 g/mol. The number of nitrogens with zero attached hydrogens (tertiary/aromatic N) is 2. The van der Waals surface area contributed by atoms with Crippen LogP contribution in [0.25, 0.3) is 0 Å². The first-order valence-electron chi connectivity index (χ1n) is 8.29. The molecule has 4 nitrogen and oxygen atoms in total. The lowest BCUT2D eigenvalue weighted by Gasteiger charge is -2.25. The molecule has 0 unspecified atom stereocenters. The zero-order valence-electron chi connectivity index (χ0n) is 14.2. The van der Waals surface area contributed by atoms with Crippen LogP contribution in [0.2, 0.25) is 0 Å². The molecule has 2 aromatic rings. The highest BCUT2D eigenvalue weighted by Gasteiger charge is 2.20. The van der Waals surface area contributed by atoms with Crippen molar-refractivity contribution in [3.05, 3.63) is 58.7 Å². The van der Waals surface area contributed by atoms with Crippen LogP contribution in [0.5, 0.6) is 0 Å². The van der Waals surface area contributed by atoms with Gasteiger partial charge in [0.15, 0.2) is 5.78 Å². The van der Waals surface area contributed by atoms with Gasteiger partial charge in [-0.2, -0.15) is 0 Å². The van der Waals surface area contributed by atoms with E-state index in [1.807, 2.05) is 19.9 Å². The molecule has 24 heavy (non-hydrogen) atoms. The predicted octanol–water partition coefficient (Wildman–Crippen LogP) is 2.81. The van der Waals surface area contributed by atoms with Gasteiger partial charge in [-0.15, -0.1) is 0 Å². The van der Waals surface area contributed by atoms with E-state index in [2.05, 4.69) is 9.47 Å². The van der Waals surface area contributed by atoms with Gasteiger partial charge in [0.1, 0.15) is 5.82 Å². The zero-order valence-corrected chi connectivity index (χ0v) is 14.2. The fourth-order valence-corrected chi connectivity index (χ4v) is 3.15. The minimum Gasteiger partial charge on any atom is -0.379 e. The molecule has 0 spiro atoms. The third-order valence-electron chi connectivity index (χ3n) is 4.60. The number of carbonyl (C=O) groups is 1. The predicted molar refractivity (Wildman–Crippen MR) is 91.0 cm³/mol.